The van der Waals surface area contributed by atoms with Gasteiger partial charge >= 0.3 is 0 Å². The zero-order chi connectivity index (χ0) is 13.1. The van der Waals surface area contributed by atoms with Crippen LogP contribution in [0.15, 0.2) is 18.2 Å². The monoisotopic (exact) mass is 289 g/mol. The predicted molar refractivity (Wildman–Crippen MR) is 69.2 cm³/mol. The van der Waals surface area contributed by atoms with Gasteiger partial charge in [-0.25, -0.2) is 0 Å². The lowest BCUT2D eigenvalue weighted by Crippen LogP contribution is -2.33. The van der Waals surface area contributed by atoms with Gasteiger partial charge in [0.05, 0.1) is 11.1 Å². The first kappa shape index (κ1) is 13.5. The molecule has 2 rings (SSSR count). The molecular formula is C12H13Cl2NO3. The summed E-state index contributed by atoms with van der Waals surface area (Å²) >= 11 is 11.7. The zero-order valence-electron chi connectivity index (χ0n) is 9.60. The van der Waals surface area contributed by atoms with Crippen LogP contribution in [0.1, 0.15) is 6.42 Å². The van der Waals surface area contributed by atoms with E-state index in [1.54, 1.807) is 23.1 Å². The summed E-state index contributed by atoms with van der Waals surface area (Å²) in [7, 11) is 0. The van der Waals surface area contributed by atoms with Crippen LogP contribution in [-0.2, 0) is 4.79 Å². The van der Waals surface area contributed by atoms with Gasteiger partial charge in [-0.15, -0.1) is 0 Å². The van der Waals surface area contributed by atoms with Crippen LogP contribution in [0.2, 0.25) is 10.0 Å². The SMILES string of the molecule is O=C(COc1cc(Cl)ccc1Cl)N1CC[C@@H](O)C1. The molecular weight excluding hydrogens is 277 g/mol. The summed E-state index contributed by atoms with van der Waals surface area (Å²) in [6.45, 7) is 0.824. The molecule has 1 fully saturated rings. The highest BCUT2D eigenvalue weighted by molar-refractivity contribution is 6.34. The number of ether oxygens (including phenoxy) is 1. The highest BCUT2D eigenvalue weighted by atomic mass is 35.5. The van der Waals surface area contributed by atoms with Crippen molar-refractivity contribution in [2.45, 2.75) is 12.5 Å². The second kappa shape index (κ2) is 5.78. The van der Waals surface area contributed by atoms with Crippen LogP contribution in [0, 0.1) is 0 Å². The van der Waals surface area contributed by atoms with Crippen molar-refractivity contribution < 1.29 is 14.6 Å². The number of benzene rings is 1. The van der Waals surface area contributed by atoms with E-state index < -0.39 is 6.10 Å². The van der Waals surface area contributed by atoms with Crippen LogP contribution in [0.25, 0.3) is 0 Å². The number of carbonyl (C=O) groups is 1. The number of hydrogen-bond donors (Lipinski definition) is 1. The minimum atomic E-state index is -0.427. The Morgan fingerprint density at radius 1 is 1.50 bits per heavy atom. The molecule has 0 aromatic heterocycles. The molecule has 1 aliphatic heterocycles. The molecule has 1 N–H and O–H groups in total. The van der Waals surface area contributed by atoms with E-state index in [9.17, 15) is 9.90 Å². The van der Waals surface area contributed by atoms with Crippen molar-refractivity contribution in [1.82, 2.24) is 4.90 Å². The lowest BCUT2D eigenvalue weighted by Gasteiger charge is -2.16. The van der Waals surface area contributed by atoms with Gasteiger partial charge in [0.1, 0.15) is 5.75 Å². The van der Waals surface area contributed by atoms with Gasteiger partial charge in [-0.1, -0.05) is 23.2 Å². The maximum Gasteiger partial charge on any atom is 0.260 e. The number of aliphatic hydroxyl groups excluding tert-OH is 1. The third-order valence-electron chi connectivity index (χ3n) is 2.76. The van der Waals surface area contributed by atoms with Crippen LogP contribution in [0.5, 0.6) is 5.75 Å². The van der Waals surface area contributed by atoms with Crippen molar-refractivity contribution in [2.75, 3.05) is 19.7 Å². The number of carbonyl (C=O) groups excluding carboxylic acids is 1. The molecule has 0 saturated carbocycles. The third kappa shape index (κ3) is 3.28. The van der Waals surface area contributed by atoms with Gasteiger partial charge in [0, 0.05) is 24.2 Å². The summed E-state index contributed by atoms with van der Waals surface area (Å²) in [4.78, 5) is 13.3. The number of amides is 1. The van der Waals surface area contributed by atoms with Crippen LogP contribution in [0.4, 0.5) is 0 Å². The predicted octanol–water partition coefficient (Wildman–Crippen LogP) is 1.97. The van der Waals surface area contributed by atoms with E-state index in [1.165, 1.54) is 0 Å². The molecule has 1 atom stereocenters. The average Bonchev–Trinajstić information content (AvgIpc) is 2.77. The number of β-amino-alcohol motifs (C(OH)–C–C–N with tert-alkyl or cyclic N) is 1. The van der Waals surface area contributed by atoms with Crippen molar-refractivity contribution in [3.05, 3.63) is 28.2 Å². The molecule has 1 aromatic carbocycles. The first-order valence-corrected chi connectivity index (χ1v) is 6.35. The molecule has 4 nitrogen and oxygen atoms in total. The Balaban J connectivity index is 1.91. The first-order valence-electron chi connectivity index (χ1n) is 5.60. The fourth-order valence-corrected chi connectivity index (χ4v) is 2.12. The lowest BCUT2D eigenvalue weighted by molar-refractivity contribution is -0.132. The van der Waals surface area contributed by atoms with E-state index in [0.29, 0.717) is 35.3 Å². The Kier molecular flexibility index (Phi) is 4.32. The van der Waals surface area contributed by atoms with Crippen molar-refractivity contribution in [3.63, 3.8) is 0 Å². The summed E-state index contributed by atoms with van der Waals surface area (Å²) in [6, 6.07) is 4.83. The maximum absolute atomic E-state index is 11.8. The second-order valence-corrected chi connectivity index (χ2v) is 4.99. The first-order chi connectivity index (χ1) is 8.56. The van der Waals surface area contributed by atoms with E-state index >= 15 is 0 Å². The fourth-order valence-electron chi connectivity index (χ4n) is 1.79. The van der Waals surface area contributed by atoms with E-state index in [-0.39, 0.29) is 12.5 Å². The largest absolute Gasteiger partial charge is 0.482 e. The van der Waals surface area contributed by atoms with E-state index in [0.717, 1.165) is 0 Å². The molecule has 0 aliphatic carbocycles. The molecule has 6 heteroatoms. The minimum absolute atomic E-state index is 0.104. The summed E-state index contributed by atoms with van der Waals surface area (Å²) in [5.41, 5.74) is 0. The zero-order valence-corrected chi connectivity index (χ0v) is 11.1. The van der Waals surface area contributed by atoms with Crippen LogP contribution < -0.4 is 4.74 Å². The number of nitrogens with zero attached hydrogens (tertiary/aromatic N) is 1. The van der Waals surface area contributed by atoms with Gasteiger partial charge in [0.25, 0.3) is 5.91 Å². The summed E-state index contributed by atoms with van der Waals surface area (Å²) in [5, 5.41) is 10.3. The Morgan fingerprint density at radius 3 is 2.94 bits per heavy atom. The van der Waals surface area contributed by atoms with Crippen LogP contribution in [0.3, 0.4) is 0 Å². The molecule has 18 heavy (non-hydrogen) atoms. The van der Waals surface area contributed by atoms with E-state index in [4.69, 9.17) is 27.9 Å². The van der Waals surface area contributed by atoms with Crippen molar-refractivity contribution in [1.29, 1.82) is 0 Å². The van der Waals surface area contributed by atoms with Gasteiger partial charge in [-0.05, 0) is 18.6 Å². The molecule has 1 aromatic rings. The normalized spacial score (nSPS) is 19.1. The summed E-state index contributed by atoms with van der Waals surface area (Å²) in [6.07, 6.45) is 0.188. The third-order valence-corrected chi connectivity index (χ3v) is 3.31. The molecule has 0 radical (unpaired) electrons. The molecule has 0 spiro atoms. The molecule has 1 heterocycles. The Bertz CT molecular complexity index is 453. The van der Waals surface area contributed by atoms with Gasteiger partial charge in [-0.2, -0.15) is 0 Å². The number of likely N-dealkylation sites (tertiary alicyclic amines) is 1. The van der Waals surface area contributed by atoms with Crippen molar-refractivity contribution >= 4 is 29.1 Å². The highest BCUT2D eigenvalue weighted by Crippen LogP contribution is 2.27. The van der Waals surface area contributed by atoms with Crippen molar-refractivity contribution in [2.24, 2.45) is 0 Å². The van der Waals surface area contributed by atoms with Crippen molar-refractivity contribution in [3.8, 4) is 5.75 Å². The maximum atomic E-state index is 11.8. The van der Waals surface area contributed by atoms with Gasteiger partial charge < -0.3 is 14.7 Å². The molecule has 1 saturated heterocycles. The highest BCUT2D eigenvalue weighted by Gasteiger charge is 2.24. The standard InChI is InChI=1S/C12H13Cl2NO3/c13-8-1-2-10(14)11(5-8)18-7-12(17)15-4-3-9(16)6-15/h1-2,5,9,16H,3-4,6-7H2/t9-/m1/s1. The second-order valence-electron chi connectivity index (χ2n) is 4.15. The minimum Gasteiger partial charge on any atom is -0.482 e. The number of aliphatic hydroxyl groups is 1. The Labute approximate surface area is 115 Å². The van der Waals surface area contributed by atoms with Crippen LogP contribution >= 0.6 is 23.2 Å². The topological polar surface area (TPSA) is 49.8 Å². The Hall–Kier alpha value is -0.970. The summed E-state index contributed by atoms with van der Waals surface area (Å²) < 4.78 is 5.34. The van der Waals surface area contributed by atoms with E-state index in [2.05, 4.69) is 0 Å². The quantitative estimate of drug-likeness (QED) is 0.926. The van der Waals surface area contributed by atoms with Crippen LogP contribution in [-0.4, -0.2) is 41.7 Å². The molecule has 1 aliphatic rings. The molecule has 1 amide bonds. The molecule has 0 unspecified atom stereocenters. The average molecular weight is 290 g/mol. The smallest absolute Gasteiger partial charge is 0.260 e. The summed E-state index contributed by atoms with van der Waals surface area (Å²) in [5.74, 6) is 0.222. The van der Waals surface area contributed by atoms with Gasteiger partial charge in [0.2, 0.25) is 0 Å². The number of hydrogen-bond acceptors (Lipinski definition) is 3. The van der Waals surface area contributed by atoms with Gasteiger partial charge in [-0.3, -0.25) is 4.79 Å². The van der Waals surface area contributed by atoms with E-state index in [1.807, 2.05) is 0 Å². The van der Waals surface area contributed by atoms with Gasteiger partial charge in [0.15, 0.2) is 6.61 Å². The number of rotatable bonds is 3. The fraction of sp³-hybridized carbons (Fsp3) is 0.417. The number of halogens is 2. The molecule has 98 valence electrons. The Morgan fingerprint density at radius 2 is 2.28 bits per heavy atom. The molecule has 0 bridgehead atoms. The lowest BCUT2D eigenvalue weighted by atomic mass is 10.3.